The summed E-state index contributed by atoms with van der Waals surface area (Å²) in [4.78, 5) is 14.4. The van der Waals surface area contributed by atoms with Crippen LogP contribution in [-0.2, 0) is 4.79 Å². The average molecular weight is 325 g/mol. The average Bonchev–Trinajstić information content (AvgIpc) is 2.47. The summed E-state index contributed by atoms with van der Waals surface area (Å²) in [6, 6.07) is 7.49. The lowest BCUT2D eigenvalue weighted by Crippen LogP contribution is -2.50. The molecule has 1 amide bonds. The maximum atomic E-state index is 12.3. The largest absolute Gasteiger partial charge is 0.395 e. The Morgan fingerprint density at radius 1 is 1.50 bits per heavy atom. The first-order valence-corrected chi connectivity index (χ1v) is 8.29. The van der Waals surface area contributed by atoms with Crippen LogP contribution in [0.4, 0.5) is 0 Å². The van der Waals surface area contributed by atoms with Crippen LogP contribution in [0.2, 0.25) is 5.02 Å². The van der Waals surface area contributed by atoms with Gasteiger partial charge in [-0.05, 0) is 43.9 Å². The lowest BCUT2D eigenvalue weighted by Gasteiger charge is -2.38. The molecule has 2 N–H and O–H groups in total. The number of carbonyl (C=O) groups excluding carboxylic acids is 1. The Morgan fingerprint density at radius 2 is 2.23 bits per heavy atom. The molecule has 0 aliphatic carbocycles. The number of nitrogens with one attached hydrogen (secondary N) is 1. The highest BCUT2D eigenvalue weighted by molar-refractivity contribution is 6.31. The van der Waals surface area contributed by atoms with Crippen LogP contribution in [0, 0.1) is 5.92 Å². The minimum absolute atomic E-state index is 0.0278. The van der Waals surface area contributed by atoms with E-state index in [1.165, 1.54) is 0 Å². The Hall–Kier alpha value is -1.10. The molecule has 2 rings (SSSR count). The number of rotatable bonds is 5. The maximum Gasteiger partial charge on any atom is 0.234 e. The van der Waals surface area contributed by atoms with Gasteiger partial charge < -0.3 is 10.4 Å². The molecular weight excluding hydrogens is 300 g/mol. The van der Waals surface area contributed by atoms with E-state index < -0.39 is 0 Å². The summed E-state index contributed by atoms with van der Waals surface area (Å²) in [5.41, 5.74) is 0.920. The van der Waals surface area contributed by atoms with Crippen molar-refractivity contribution in [1.82, 2.24) is 10.2 Å². The number of halogens is 1. The molecule has 1 heterocycles. The van der Waals surface area contributed by atoms with Crippen molar-refractivity contribution < 1.29 is 9.90 Å². The van der Waals surface area contributed by atoms with Gasteiger partial charge in [0.25, 0.3) is 0 Å². The van der Waals surface area contributed by atoms with E-state index in [2.05, 4.69) is 17.1 Å². The second kappa shape index (κ2) is 7.95. The van der Waals surface area contributed by atoms with Crippen LogP contribution >= 0.6 is 11.6 Å². The summed E-state index contributed by atoms with van der Waals surface area (Å²) in [6.45, 7) is 5.36. The normalized spacial score (nSPS) is 24.0. The number of nitrogens with zero attached hydrogens (tertiary/aromatic N) is 1. The third-order valence-electron chi connectivity index (χ3n) is 4.51. The van der Waals surface area contributed by atoms with E-state index >= 15 is 0 Å². The van der Waals surface area contributed by atoms with Gasteiger partial charge in [-0.2, -0.15) is 0 Å². The van der Waals surface area contributed by atoms with Crippen molar-refractivity contribution in [2.45, 2.75) is 38.8 Å². The zero-order valence-electron chi connectivity index (χ0n) is 13.3. The smallest absolute Gasteiger partial charge is 0.234 e. The fourth-order valence-corrected chi connectivity index (χ4v) is 3.50. The van der Waals surface area contributed by atoms with Gasteiger partial charge in [-0.3, -0.25) is 9.69 Å². The second-order valence-electron chi connectivity index (χ2n) is 6.15. The van der Waals surface area contributed by atoms with Crippen molar-refractivity contribution in [1.29, 1.82) is 0 Å². The fourth-order valence-electron chi connectivity index (χ4n) is 3.20. The van der Waals surface area contributed by atoms with Crippen LogP contribution < -0.4 is 5.32 Å². The molecule has 0 spiro atoms. The SMILES string of the molecule is CC(NC(=O)CN1CCCC(C)C1CO)c1ccccc1Cl. The van der Waals surface area contributed by atoms with Crippen molar-refractivity contribution >= 4 is 17.5 Å². The third kappa shape index (κ3) is 4.22. The van der Waals surface area contributed by atoms with Gasteiger partial charge in [-0.25, -0.2) is 0 Å². The molecule has 5 heteroatoms. The van der Waals surface area contributed by atoms with E-state index in [0.717, 1.165) is 24.9 Å². The van der Waals surface area contributed by atoms with E-state index in [-0.39, 0.29) is 24.6 Å². The zero-order chi connectivity index (χ0) is 16.1. The molecule has 3 unspecified atom stereocenters. The van der Waals surface area contributed by atoms with Gasteiger partial charge in [0.05, 0.1) is 19.2 Å². The summed E-state index contributed by atoms with van der Waals surface area (Å²) in [5, 5.41) is 13.2. The molecule has 0 aromatic heterocycles. The summed E-state index contributed by atoms with van der Waals surface area (Å²) in [5.74, 6) is 0.396. The molecule has 1 saturated heterocycles. The number of piperidine rings is 1. The van der Waals surface area contributed by atoms with E-state index in [0.29, 0.717) is 17.5 Å². The molecule has 1 aromatic carbocycles. The van der Waals surface area contributed by atoms with E-state index in [1.807, 2.05) is 31.2 Å². The van der Waals surface area contributed by atoms with Gasteiger partial charge in [0.2, 0.25) is 5.91 Å². The molecule has 1 aliphatic heterocycles. The van der Waals surface area contributed by atoms with Crippen LogP contribution in [0.25, 0.3) is 0 Å². The highest BCUT2D eigenvalue weighted by Gasteiger charge is 2.29. The van der Waals surface area contributed by atoms with Crippen molar-refractivity contribution in [3.63, 3.8) is 0 Å². The number of amides is 1. The first-order chi connectivity index (χ1) is 10.5. The number of likely N-dealkylation sites (tertiary alicyclic amines) is 1. The van der Waals surface area contributed by atoms with E-state index in [4.69, 9.17) is 11.6 Å². The van der Waals surface area contributed by atoms with Gasteiger partial charge >= 0.3 is 0 Å². The van der Waals surface area contributed by atoms with Crippen LogP contribution in [-0.4, -0.2) is 41.7 Å². The minimum atomic E-state index is -0.129. The van der Waals surface area contributed by atoms with Crippen molar-refractivity contribution in [3.05, 3.63) is 34.9 Å². The van der Waals surface area contributed by atoms with Gasteiger partial charge in [0.15, 0.2) is 0 Å². The lowest BCUT2D eigenvalue weighted by atomic mass is 9.91. The Labute approximate surface area is 137 Å². The molecule has 0 radical (unpaired) electrons. The Bertz CT molecular complexity index is 509. The van der Waals surface area contributed by atoms with Crippen LogP contribution in [0.5, 0.6) is 0 Å². The van der Waals surface area contributed by atoms with Gasteiger partial charge in [-0.1, -0.05) is 36.7 Å². The van der Waals surface area contributed by atoms with Crippen molar-refractivity contribution in [2.24, 2.45) is 5.92 Å². The molecular formula is C17H25ClN2O2. The molecule has 3 atom stereocenters. The molecule has 4 nitrogen and oxygen atoms in total. The molecule has 0 bridgehead atoms. The predicted octanol–water partition coefficient (Wildman–Crippen LogP) is 2.61. The molecule has 1 fully saturated rings. The predicted molar refractivity (Wildman–Crippen MR) is 88.9 cm³/mol. The van der Waals surface area contributed by atoms with Crippen LogP contribution in [0.1, 0.15) is 38.3 Å². The first-order valence-electron chi connectivity index (χ1n) is 7.91. The Morgan fingerprint density at radius 3 is 2.91 bits per heavy atom. The number of aliphatic hydroxyl groups is 1. The van der Waals surface area contributed by atoms with Crippen LogP contribution in [0.15, 0.2) is 24.3 Å². The molecule has 122 valence electrons. The zero-order valence-corrected chi connectivity index (χ0v) is 14.0. The van der Waals surface area contributed by atoms with Crippen LogP contribution in [0.3, 0.4) is 0 Å². The number of hydrogen-bond donors (Lipinski definition) is 2. The number of aliphatic hydroxyl groups excluding tert-OH is 1. The quantitative estimate of drug-likeness (QED) is 0.875. The number of benzene rings is 1. The van der Waals surface area contributed by atoms with Gasteiger partial charge in [0.1, 0.15) is 0 Å². The van der Waals surface area contributed by atoms with Gasteiger partial charge in [0, 0.05) is 11.1 Å². The molecule has 1 aromatic rings. The monoisotopic (exact) mass is 324 g/mol. The first kappa shape index (κ1) is 17.3. The summed E-state index contributed by atoms with van der Waals surface area (Å²) in [7, 11) is 0. The minimum Gasteiger partial charge on any atom is -0.395 e. The van der Waals surface area contributed by atoms with E-state index in [9.17, 15) is 9.90 Å². The number of carbonyl (C=O) groups is 1. The topological polar surface area (TPSA) is 52.6 Å². The Kier molecular flexibility index (Phi) is 6.24. The highest BCUT2D eigenvalue weighted by atomic mass is 35.5. The summed E-state index contributed by atoms with van der Waals surface area (Å²) >= 11 is 6.16. The van der Waals surface area contributed by atoms with Gasteiger partial charge in [-0.15, -0.1) is 0 Å². The summed E-state index contributed by atoms with van der Waals surface area (Å²) in [6.07, 6.45) is 2.18. The maximum absolute atomic E-state index is 12.3. The molecule has 1 aliphatic rings. The second-order valence-corrected chi connectivity index (χ2v) is 6.56. The van der Waals surface area contributed by atoms with Crippen molar-refractivity contribution in [3.8, 4) is 0 Å². The fraction of sp³-hybridized carbons (Fsp3) is 0.588. The highest BCUT2D eigenvalue weighted by Crippen LogP contribution is 2.24. The standard InChI is InChI=1S/C17H25ClN2O2/c1-12-6-5-9-20(16(12)11-21)10-17(22)19-13(2)14-7-3-4-8-15(14)18/h3-4,7-8,12-13,16,21H,5-6,9-11H2,1-2H3,(H,19,22). The molecule has 0 saturated carbocycles. The summed E-state index contributed by atoms with van der Waals surface area (Å²) < 4.78 is 0. The van der Waals surface area contributed by atoms with E-state index in [1.54, 1.807) is 0 Å². The molecule has 22 heavy (non-hydrogen) atoms. The third-order valence-corrected chi connectivity index (χ3v) is 4.86. The number of hydrogen-bond acceptors (Lipinski definition) is 3. The Balaban J connectivity index is 1.93. The lowest BCUT2D eigenvalue weighted by molar-refractivity contribution is -0.124. The van der Waals surface area contributed by atoms with Crippen molar-refractivity contribution in [2.75, 3.05) is 19.7 Å².